The van der Waals surface area contributed by atoms with Crippen molar-refractivity contribution < 1.29 is 27.5 Å². The molecule has 2 N–H and O–H groups in total. The molecule has 32 heavy (non-hydrogen) atoms. The summed E-state index contributed by atoms with van der Waals surface area (Å²) < 4.78 is 35.9. The molecular weight excluding hydrogens is 454 g/mol. The number of benzene rings is 2. The minimum absolute atomic E-state index is 0.00998. The molecule has 0 unspecified atom stereocenters. The Labute approximate surface area is 189 Å². The second-order valence-corrected chi connectivity index (χ2v) is 9.72. The van der Waals surface area contributed by atoms with Crippen molar-refractivity contribution in [2.24, 2.45) is 10.1 Å². The third-order valence-corrected chi connectivity index (χ3v) is 6.37. The van der Waals surface area contributed by atoms with E-state index in [1.807, 2.05) is 13.8 Å². The zero-order valence-corrected chi connectivity index (χ0v) is 19.4. The number of thiazole rings is 1. The molecule has 1 heterocycles. The number of rotatable bonds is 7. The fourth-order valence-corrected chi connectivity index (χ4v) is 4.64. The maximum atomic E-state index is 12.8. The number of methoxy groups -OCH3 is 1. The maximum absolute atomic E-state index is 12.8. The fraction of sp³-hybridized carbons (Fsp3) is 0.286. The highest BCUT2D eigenvalue weighted by Gasteiger charge is 2.15. The van der Waals surface area contributed by atoms with Gasteiger partial charge in [-0.25, -0.2) is 13.6 Å². The Hall–Kier alpha value is -3.02. The molecule has 0 bridgehead atoms. The number of sulfonamides is 1. The van der Waals surface area contributed by atoms with Gasteiger partial charge in [0.1, 0.15) is 5.75 Å². The molecule has 0 spiro atoms. The van der Waals surface area contributed by atoms with Crippen LogP contribution in [0.25, 0.3) is 10.2 Å². The summed E-state index contributed by atoms with van der Waals surface area (Å²) in [6, 6.07) is 11.0. The van der Waals surface area contributed by atoms with Crippen molar-refractivity contribution in [1.29, 1.82) is 0 Å². The second-order valence-electron chi connectivity index (χ2n) is 7.14. The lowest BCUT2D eigenvalue weighted by molar-refractivity contribution is -0.140. The molecular formula is C21H23N3O6S2. The average molecular weight is 478 g/mol. The minimum atomic E-state index is -3.89. The van der Waals surface area contributed by atoms with E-state index in [1.54, 1.807) is 34.9 Å². The van der Waals surface area contributed by atoms with E-state index in [1.165, 1.54) is 19.2 Å². The molecule has 170 valence electrons. The molecule has 0 aliphatic heterocycles. The summed E-state index contributed by atoms with van der Waals surface area (Å²) in [5, 5.41) is 5.23. The van der Waals surface area contributed by atoms with Gasteiger partial charge < -0.3 is 14.0 Å². The minimum Gasteiger partial charge on any atom is -0.491 e. The first-order valence-electron chi connectivity index (χ1n) is 9.67. The summed E-state index contributed by atoms with van der Waals surface area (Å²) in [7, 11) is -2.60. The molecule has 11 heteroatoms. The van der Waals surface area contributed by atoms with Crippen LogP contribution in [-0.4, -0.2) is 38.1 Å². The molecule has 0 atom stereocenters. The van der Waals surface area contributed by atoms with Crippen LogP contribution in [0.15, 0.2) is 52.4 Å². The van der Waals surface area contributed by atoms with Crippen LogP contribution in [0.2, 0.25) is 0 Å². The highest BCUT2D eigenvalue weighted by Crippen LogP contribution is 2.22. The highest BCUT2D eigenvalue weighted by molar-refractivity contribution is 7.89. The van der Waals surface area contributed by atoms with Crippen molar-refractivity contribution in [2.45, 2.75) is 37.8 Å². The molecule has 9 nitrogen and oxygen atoms in total. The van der Waals surface area contributed by atoms with E-state index in [2.05, 4.69) is 4.99 Å². The number of fused-ring (bicyclic) bond motifs is 1. The van der Waals surface area contributed by atoms with Gasteiger partial charge in [0.2, 0.25) is 10.0 Å². The molecule has 0 aliphatic rings. The Morgan fingerprint density at radius 3 is 2.44 bits per heavy atom. The zero-order valence-electron chi connectivity index (χ0n) is 17.8. The van der Waals surface area contributed by atoms with Gasteiger partial charge in [-0.2, -0.15) is 4.99 Å². The van der Waals surface area contributed by atoms with Gasteiger partial charge >= 0.3 is 5.97 Å². The van der Waals surface area contributed by atoms with Crippen LogP contribution in [0.3, 0.4) is 0 Å². The van der Waals surface area contributed by atoms with Crippen molar-refractivity contribution in [2.75, 3.05) is 7.11 Å². The van der Waals surface area contributed by atoms with Gasteiger partial charge in [-0.05, 0) is 56.3 Å². The number of amides is 1. The number of ether oxygens (including phenoxy) is 2. The molecule has 3 aromatic rings. The number of hydrogen-bond donors (Lipinski definition) is 1. The number of carbonyl (C=O) groups excluding carboxylic acids is 2. The quantitative estimate of drug-likeness (QED) is 0.520. The van der Waals surface area contributed by atoms with Gasteiger partial charge in [-0.15, -0.1) is 0 Å². The van der Waals surface area contributed by atoms with Gasteiger partial charge in [0.05, 0.1) is 34.7 Å². The van der Waals surface area contributed by atoms with E-state index >= 15 is 0 Å². The van der Waals surface area contributed by atoms with E-state index < -0.39 is 21.9 Å². The third-order valence-electron chi connectivity index (χ3n) is 4.42. The van der Waals surface area contributed by atoms with Crippen molar-refractivity contribution in [3.8, 4) is 5.75 Å². The smallest absolute Gasteiger partial charge is 0.307 e. The summed E-state index contributed by atoms with van der Waals surface area (Å²) in [5.41, 5.74) is 0.988. The van der Waals surface area contributed by atoms with Crippen molar-refractivity contribution in [1.82, 2.24) is 4.57 Å². The highest BCUT2D eigenvalue weighted by atomic mass is 32.2. The Kier molecular flexibility index (Phi) is 7.12. The predicted octanol–water partition coefficient (Wildman–Crippen LogP) is 2.44. The molecule has 0 aliphatic carbocycles. The maximum Gasteiger partial charge on any atom is 0.307 e. The van der Waals surface area contributed by atoms with Crippen LogP contribution in [-0.2, 0) is 26.1 Å². The predicted molar refractivity (Wildman–Crippen MR) is 120 cm³/mol. The number of primary sulfonamides is 1. The largest absolute Gasteiger partial charge is 0.491 e. The van der Waals surface area contributed by atoms with E-state index in [9.17, 15) is 18.0 Å². The number of esters is 1. The summed E-state index contributed by atoms with van der Waals surface area (Å²) in [5.74, 6) is -0.260. The Morgan fingerprint density at radius 2 is 1.84 bits per heavy atom. The molecule has 0 radical (unpaired) electrons. The lowest BCUT2D eigenvalue weighted by atomic mass is 10.2. The Morgan fingerprint density at radius 1 is 1.16 bits per heavy atom. The first kappa shape index (κ1) is 23.6. The summed E-state index contributed by atoms with van der Waals surface area (Å²) in [6.07, 6.45) is 0.0674. The zero-order chi connectivity index (χ0) is 23.5. The van der Waals surface area contributed by atoms with Crippen LogP contribution in [0.4, 0.5) is 0 Å². The van der Waals surface area contributed by atoms with Crippen LogP contribution < -0.4 is 14.7 Å². The topological polar surface area (TPSA) is 130 Å². The first-order chi connectivity index (χ1) is 15.1. The standard InChI is InChI=1S/C21H23N3O6S2/c1-13(2)30-15-6-4-14(5-7-15)20(26)23-21-24(11-10-19(25)29-3)17-9-8-16(32(22,27)28)12-18(17)31-21/h4-9,12-13H,10-11H2,1-3H3,(H2,22,27,28). The van der Waals surface area contributed by atoms with Crippen molar-refractivity contribution in [3.63, 3.8) is 0 Å². The summed E-state index contributed by atoms with van der Waals surface area (Å²) in [4.78, 5) is 28.9. The molecule has 0 fully saturated rings. The first-order valence-corrected chi connectivity index (χ1v) is 12.0. The number of carbonyl (C=O) groups is 2. The molecule has 2 aromatic carbocycles. The number of aromatic nitrogens is 1. The van der Waals surface area contributed by atoms with Gasteiger partial charge in [0.25, 0.3) is 5.91 Å². The lowest BCUT2D eigenvalue weighted by Gasteiger charge is -2.09. The molecule has 3 rings (SSSR count). The van der Waals surface area contributed by atoms with E-state index in [-0.39, 0.29) is 24.0 Å². The van der Waals surface area contributed by atoms with Crippen LogP contribution in [0.1, 0.15) is 30.6 Å². The third kappa shape index (κ3) is 5.61. The van der Waals surface area contributed by atoms with Crippen molar-refractivity contribution in [3.05, 3.63) is 52.8 Å². The van der Waals surface area contributed by atoms with Gasteiger partial charge in [0.15, 0.2) is 4.80 Å². The SMILES string of the molecule is COC(=O)CCn1c(=NC(=O)c2ccc(OC(C)C)cc2)sc2cc(S(N)(=O)=O)ccc21. The van der Waals surface area contributed by atoms with Crippen LogP contribution >= 0.6 is 11.3 Å². The monoisotopic (exact) mass is 477 g/mol. The number of aryl methyl sites for hydroxylation is 1. The lowest BCUT2D eigenvalue weighted by Crippen LogP contribution is -2.19. The summed E-state index contributed by atoms with van der Waals surface area (Å²) >= 11 is 1.13. The number of hydrogen-bond acceptors (Lipinski definition) is 7. The van der Waals surface area contributed by atoms with Gasteiger partial charge in [-0.3, -0.25) is 9.59 Å². The second kappa shape index (κ2) is 9.63. The Bertz CT molecular complexity index is 1320. The van der Waals surface area contributed by atoms with E-state index in [4.69, 9.17) is 14.6 Å². The molecule has 0 saturated heterocycles. The number of nitrogens with zero attached hydrogens (tertiary/aromatic N) is 2. The van der Waals surface area contributed by atoms with Gasteiger partial charge in [-0.1, -0.05) is 11.3 Å². The van der Waals surface area contributed by atoms with E-state index in [0.717, 1.165) is 11.3 Å². The normalized spacial score (nSPS) is 12.3. The van der Waals surface area contributed by atoms with Crippen LogP contribution in [0, 0.1) is 0 Å². The van der Waals surface area contributed by atoms with Crippen LogP contribution in [0.5, 0.6) is 5.75 Å². The Balaban J connectivity index is 2.04. The molecule has 1 aromatic heterocycles. The van der Waals surface area contributed by atoms with Gasteiger partial charge in [0, 0.05) is 12.1 Å². The molecule has 0 saturated carbocycles. The fourth-order valence-electron chi connectivity index (χ4n) is 2.94. The molecule has 1 amide bonds. The van der Waals surface area contributed by atoms with E-state index in [0.29, 0.717) is 26.3 Å². The van der Waals surface area contributed by atoms with Crippen molar-refractivity contribution >= 4 is 43.5 Å². The average Bonchev–Trinajstić information content (AvgIpc) is 3.07. The number of nitrogens with two attached hydrogens (primary N) is 1. The summed E-state index contributed by atoms with van der Waals surface area (Å²) in [6.45, 7) is 4.02.